The first-order valence-electron chi connectivity index (χ1n) is 8.60. The molecule has 0 bridgehead atoms. The van der Waals surface area contributed by atoms with E-state index in [-0.39, 0.29) is 17.6 Å². The van der Waals surface area contributed by atoms with Gasteiger partial charge in [0.05, 0.1) is 24.7 Å². The number of morpholine rings is 1. The molecule has 0 unspecified atom stereocenters. The number of hydrogen-bond acceptors (Lipinski definition) is 9. The molecule has 3 heterocycles. The number of rotatable bonds is 4. The van der Waals surface area contributed by atoms with Crippen LogP contribution in [0.2, 0.25) is 0 Å². The van der Waals surface area contributed by atoms with Gasteiger partial charge in [-0.05, 0) is 6.92 Å². The molecule has 1 aromatic rings. The lowest BCUT2D eigenvalue weighted by molar-refractivity contribution is -0.383. The van der Waals surface area contributed by atoms with E-state index in [0.717, 1.165) is 0 Å². The first kappa shape index (κ1) is 18.1. The number of carbonyl (C=O) groups is 1. The highest BCUT2D eigenvalue weighted by atomic mass is 16.6. The Kier molecular flexibility index (Phi) is 5.66. The molecule has 2 saturated heterocycles. The zero-order chi connectivity index (χ0) is 18.5. The van der Waals surface area contributed by atoms with Crippen LogP contribution in [0.25, 0.3) is 0 Å². The minimum absolute atomic E-state index is 0.0982. The fourth-order valence-electron chi connectivity index (χ4n) is 3.08. The molecule has 0 aliphatic carbocycles. The zero-order valence-electron chi connectivity index (χ0n) is 14.7. The van der Waals surface area contributed by atoms with E-state index < -0.39 is 4.92 Å². The number of hydrogen-bond donors (Lipinski definition) is 0. The average molecular weight is 366 g/mol. The summed E-state index contributed by atoms with van der Waals surface area (Å²) in [5.74, 6) is 0.603. The molecular weight excluding hydrogens is 344 g/mol. The average Bonchev–Trinajstić information content (AvgIpc) is 2.68. The van der Waals surface area contributed by atoms with Crippen molar-refractivity contribution in [2.24, 2.45) is 0 Å². The third-order valence-corrected chi connectivity index (χ3v) is 4.38. The number of nitro groups is 1. The van der Waals surface area contributed by atoms with Gasteiger partial charge in [-0.1, -0.05) is 0 Å². The van der Waals surface area contributed by atoms with E-state index >= 15 is 0 Å². The predicted octanol–water partition coefficient (Wildman–Crippen LogP) is 0.500. The van der Waals surface area contributed by atoms with Gasteiger partial charge in [0.1, 0.15) is 6.33 Å². The molecule has 1 aromatic heterocycles. The van der Waals surface area contributed by atoms with Crippen LogP contribution in [0.15, 0.2) is 6.33 Å². The Morgan fingerprint density at radius 2 is 1.73 bits per heavy atom. The van der Waals surface area contributed by atoms with E-state index in [2.05, 4.69) is 9.97 Å². The first-order chi connectivity index (χ1) is 12.6. The van der Waals surface area contributed by atoms with Gasteiger partial charge in [-0.3, -0.25) is 10.1 Å². The summed E-state index contributed by atoms with van der Waals surface area (Å²) in [6.07, 6.45) is 0.989. The Hall–Kier alpha value is -2.69. The van der Waals surface area contributed by atoms with Crippen molar-refractivity contribution in [1.82, 2.24) is 14.9 Å². The Labute approximate surface area is 150 Å². The number of ether oxygens (including phenoxy) is 2. The summed E-state index contributed by atoms with van der Waals surface area (Å²) in [6, 6.07) is 0. The molecule has 2 fully saturated rings. The second-order valence-electron chi connectivity index (χ2n) is 5.90. The number of anilines is 2. The van der Waals surface area contributed by atoms with Gasteiger partial charge in [0, 0.05) is 39.3 Å². The number of amides is 1. The van der Waals surface area contributed by atoms with E-state index in [1.165, 1.54) is 6.33 Å². The van der Waals surface area contributed by atoms with Gasteiger partial charge in [0.2, 0.25) is 11.6 Å². The number of piperazine rings is 1. The van der Waals surface area contributed by atoms with Gasteiger partial charge in [-0.2, -0.15) is 0 Å². The Bertz CT molecular complexity index is 658. The lowest BCUT2D eigenvalue weighted by Crippen LogP contribution is -2.49. The lowest BCUT2D eigenvalue weighted by atomic mass is 10.3. The Morgan fingerprint density at radius 3 is 2.27 bits per heavy atom. The van der Waals surface area contributed by atoms with Crippen molar-refractivity contribution in [2.75, 3.05) is 68.9 Å². The fourth-order valence-corrected chi connectivity index (χ4v) is 3.08. The third-order valence-electron chi connectivity index (χ3n) is 4.38. The molecule has 3 rings (SSSR count). The van der Waals surface area contributed by atoms with Crippen molar-refractivity contribution >= 4 is 23.4 Å². The van der Waals surface area contributed by atoms with Crippen molar-refractivity contribution in [3.63, 3.8) is 0 Å². The third kappa shape index (κ3) is 3.77. The minimum atomic E-state index is -0.433. The molecule has 0 radical (unpaired) electrons. The van der Waals surface area contributed by atoms with E-state index in [0.29, 0.717) is 64.9 Å². The minimum Gasteiger partial charge on any atom is -0.450 e. The number of nitrogens with zero attached hydrogens (tertiary/aromatic N) is 6. The van der Waals surface area contributed by atoms with Crippen molar-refractivity contribution in [2.45, 2.75) is 6.92 Å². The summed E-state index contributed by atoms with van der Waals surface area (Å²) in [5, 5.41) is 11.7. The second-order valence-corrected chi connectivity index (χ2v) is 5.90. The molecule has 142 valence electrons. The molecule has 1 amide bonds. The summed E-state index contributed by atoms with van der Waals surface area (Å²) in [5.41, 5.74) is -0.0982. The molecule has 2 aliphatic heterocycles. The maximum Gasteiger partial charge on any atom is 0.409 e. The van der Waals surface area contributed by atoms with E-state index in [1.807, 2.05) is 9.80 Å². The van der Waals surface area contributed by atoms with E-state index in [1.54, 1.807) is 11.8 Å². The maximum atomic E-state index is 11.8. The molecule has 26 heavy (non-hydrogen) atoms. The van der Waals surface area contributed by atoms with Crippen LogP contribution < -0.4 is 9.80 Å². The van der Waals surface area contributed by atoms with Crippen LogP contribution in [0.5, 0.6) is 0 Å². The van der Waals surface area contributed by atoms with Crippen LogP contribution in [0.4, 0.5) is 22.1 Å². The van der Waals surface area contributed by atoms with Gasteiger partial charge < -0.3 is 24.2 Å². The van der Waals surface area contributed by atoms with Crippen LogP contribution in [-0.4, -0.2) is 85.0 Å². The fraction of sp³-hybridized carbons (Fsp3) is 0.667. The standard InChI is InChI=1S/C15H22N6O5/c1-2-26-15(22)20-5-3-18(4-6-20)13-12(21(23)24)14(17-11-16-13)19-7-9-25-10-8-19/h11H,2-10H2,1H3. The van der Waals surface area contributed by atoms with Crippen LogP contribution in [-0.2, 0) is 9.47 Å². The SMILES string of the molecule is CCOC(=O)N1CCN(c2ncnc(N3CCOCC3)c2[N+](=O)[O-])CC1. The Balaban J connectivity index is 1.80. The van der Waals surface area contributed by atoms with E-state index in [9.17, 15) is 14.9 Å². The summed E-state index contributed by atoms with van der Waals surface area (Å²) in [6.45, 7) is 5.92. The van der Waals surface area contributed by atoms with Gasteiger partial charge in [0.15, 0.2) is 0 Å². The quantitative estimate of drug-likeness (QED) is 0.555. The molecule has 11 heteroatoms. The molecule has 0 saturated carbocycles. The van der Waals surface area contributed by atoms with Crippen LogP contribution in [0.3, 0.4) is 0 Å². The lowest BCUT2D eigenvalue weighted by Gasteiger charge is -2.35. The highest BCUT2D eigenvalue weighted by Gasteiger charge is 2.33. The predicted molar refractivity (Wildman–Crippen MR) is 92.5 cm³/mol. The molecule has 2 aliphatic rings. The molecule has 0 N–H and O–H groups in total. The molecular formula is C15H22N6O5. The van der Waals surface area contributed by atoms with E-state index in [4.69, 9.17) is 9.47 Å². The summed E-state index contributed by atoms with van der Waals surface area (Å²) < 4.78 is 10.3. The largest absolute Gasteiger partial charge is 0.450 e. The maximum absolute atomic E-state index is 11.8. The van der Waals surface area contributed by atoms with Gasteiger partial charge in [-0.15, -0.1) is 0 Å². The monoisotopic (exact) mass is 366 g/mol. The number of carbonyl (C=O) groups excluding carboxylic acids is 1. The molecule has 0 spiro atoms. The van der Waals surface area contributed by atoms with Crippen molar-refractivity contribution in [3.05, 3.63) is 16.4 Å². The Morgan fingerprint density at radius 1 is 1.15 bits per heavy atom. The molecule has 0 atom stereocenters. The normalized spacial score (nSPS) is 18.0. The summed E-state index contributed by atoms with van der Waals surface area (Å²) in [7, 11) is 0. The van der Waals surface area contributed by atoms with Crippen LogP contribution in [0, 0.1) is 10.1 Å². The summed E-state index contributed by atoms with van der Waals surface area (Å²) >= 11 is 0. The zero-order valence-corrected chi connectivity index (χ0v) is 14.7. The van der Waals surface area contributed by atoms with Crippen LogP contribution in [0.1, 0.15) is 6.92 Å². The van der Waals surface area contributed by atoms with Gasteiger partial charge >= 0.3 is 11.8 Å². The van der Waals surface area contributed by atoms with Crippen LogP contribution >= 0.6 is 0 Å². The van der Waals surface area contributed by atoms with Crippen molar-refractivity contribution < 1.29 is 19.2 Å². The van der Waals surface area contributed by atoms with Gasteiger partial charge in [0.25, 0.3) is 0 Å². The highest BCUT2D eigenvalue weighted by molar-refractivity contribution is 5.72. The van der Waals surface area contributed by atoms with Gasteiger partial charge in [-0.25, -0.2) is 14.8 Å². The van der Waals surface area contributed by atoms with Crippen molar-refractivity contribution in [3.8, 4) is 0 Å². The smallest absolute Gasteiger partial charge is 0.409 e. The second kappa shape index (κ2) is 8.13. The number of aromatic nitrogens is 2. The molecule has 11 nitrogen and oxygen atoms in total. The molecule has 0 aromatic carbocycles. The first-order valence-corrected chi connectivity index (χ1v) is 8.60. The highest BCUT2D eigenvalue weighted by Crippen LogP contribution is 2.34. The summed E-state index contributed by atoms with van der Waals surface area (Å²) in [4.78, 5) is 36.7. The topological polar surface area (TPSA) is 114 Å². The van der Waals surface area contributed by atoms with Crippen molar-refractivity contribution in [1.29, 1.82) is 0 Å².